The summed E-state index contributed by atoms with van der Waals surface area (Å²) in [7, 11) is 0. The van der Waals surface area contributed by atoms with Crippen molar-refractivity contribution in [3.05, 3.63) is 69.7 Å². The molecule has 0 aromatic heterocycles. The van der Waals surface area contributed by atoms with Gasteiger partial charge in [-0.25, -0.2) is 4.79 Å². The summed E-state index contributed by atoms with van der Waals surface area (Å²) in [5, 5.41) is 8.93. The van der Waals surface area contributed by atoms with Gasteiger partial charge in [-0.1, -0.05) is 40.2 Å². The Bertz CT molecular complexity index is 753. The van der Waals surface area contributed by atoms with Crippen LogP contribution in [-0.2, 0) is 17.8 Å². The molecule has 0 unspecified atom stereocenters. The lowest BCUT2D eigenvalue weighted by Crippen LogP contribution is -2.33. The standard InChI is InChI=1S/C19H18BrNO3/c20-16-3-1-2-14(10-16)12-21(17-8-9-17)18(22)11-13-4-6-15(7-5-13)19(23)24/h1-7,10,17H,8-9,11-12H2,(H,23,24). The van der Waals surface area contributed by atoms with E-state index in [4.69, 9.17) is 5.11 Å². The summed E-state index contributed by atoms with van der Waals surface area (Å²) in [6.45, 7) is 0.607. The van der Waals surface area contributed by atoms with E-state index in [1.165, 1.54) is 0 Å². The third kappa shape index (κ3) is 4.23. The van der Waals surface area contributed by atoms with Crippen molar-refractivity contribution in [2.24, 2.45) is 0 Å². The number of benzene rings is 2. The summed E-state index contributed by atoms with van der Waals surface area (Å²) < 4.78 is 1.01. The highest BCUT2D eigenvalue weighted by atomic mass is 79.9. The lowest BCUT2D eigenvalue weighted by atomic mass is 10.1. The van der Waals surface area contributed by atoms with Crippen LogP contribution in [-0.4, -0.2) is 27.9 Å². The number of hydrogen-bond acceptors (Lipinski definition) is 2. The largest absolute Gasteiger partial charge is 0.478 e. The molecular formula is C19H18BrNO3. The fourth-order valence-electron chi connectivity index (χ4n) is 2.68. The first-order valence-electron chi connectivity index (χ1n) is 7.89. The lowest BCUT2D eigenvalue weighted by Gasteiger charge is -2.23. The Morgan fingerprint density at radius 2 is 1.79 bits per heavy atom. The van der Waals surface area contributed by atoms with E-state index in [9.17, 15) is 9.59 Å². The van der Waals surface area contributed by atoms with Gasteiger partial charge in [-0.05, 0) is 48.2 Å². The van der Waals surface area contributed by atoms with Gasteiger partial charge in [0.05, 0.1) is 12.0 Å². The molecule has 4 nitrogen and oxygen atoms in total. The van der Waals surface area contributed by atoms with Crippen LogP contribution in [0.5, 0.6) is 0 Å². The van der Waals surface area contributed by atoms with Crippen molar-refractivity contribution >= 4 is 27.8 Å². The van der Waals surface area contributed by atoms with Crippen molar-refractivity contribution in [2.75, 3.05) is 0 Å². The summed E-state index contributed by atoms with van der Waals surface area (Å²) in [6, 6.07) is 14.8. The molecule has 1 aliphatic rings. The second kappa shape index (κ2) is 7.18. The van der Waals surface area contributed by atoms with Crippen molar-refractivity contribution in [1.29, 1.82) is 0 Å². The van der Waals surface area contributed by atoms with E-state index < -0.39 is 5.97 Å². The molecule has 1 fully saturated rings. The average Bonchev–Trinajstić information content (AvgIpc) is 3.38. The number of carbonyl (C=O) groups excluding carboxylic acids is 1. The number of hydrogen-bond donors (Lipinski definition) is 1. The summed E-state index contributed by atoms with van der Waals surface area (Å²) in [4.78, 5) is 25.5. The van der Waals surface area contributed by atoms with E-state index in [2.05, 4.69) is 15.9 Å². The second-order valence-corrected chi connectivity index (χ2v) is 6.98. The van der Waals surface area contributed by atoms with Crippen LogP contribution < -0.4 is 0 Å². The summed E-state index contributed by atoms with van der Waals surface area (Å²) >= 11 is 3.46. The minimum Gasteiger partial charge on any atom is -0.478 e. The molecule has 5 heteroatoms. The summed E-state index contributed by atoms with van der Waals surface area (Å²) in [6.07, 6.45) is 2.40. The van der Waals surface area contributed by atoms with Crippen molar-refractivity contribution in [1.82, 2.24) is 4.90 Å². The van der Waals surface area contributed by atoms with Gasteiger partial charge in [0.15, 0.2) is 0 Å². The van der Waals surface area contributed by atoms with Crippen molar-refractivity contribution in [2.45, 2.75) is 31.8 Å². The Morgan fingerprint density at radius 3 is 2.38 bits per heavy atom. The van der Waals surface area contributed by atoms with Gasteiger partial charge >= 0.3 is 5.97 Å². The van der Waals surface area contributed by atoms with Crippen LogP contribution in [0.3, 0.4) is 0 Å². The quantitative estimate of drug-likeness (QED) is 0.817. The third-order valence-electron chi connectivity index (χ3n) is 4.11. The Hall–Kier alpha value is -2.14. The first-order chi connectivity index (χ1) is 11.5. The number of carboxylic acids is 1. The maximum absolute atomic E-state index is 12.7. The first-order valence-corrected chi connectivity index (χ1v) is 8.68. The fourth-order valence-corrected chi connectivity index (χ4v) is 3.13. The maximum Gasteiger partial charge on any atom is 0.335 e. The van der Waals surface area contributed by atoms with Gasteiger partial charge in [-0.3, -0.25) is 4.79 Å². The molecule has 0 heterocycles. The molecule has 1 N–H and O–H groups in total. The van der Waals surface area contributed by atoms with Crippen LogP contribution in [0.2, 0.25) is 0 Å². The lowest BCUT2D eigenvalue weighted by molar-refractivity contribution is -0.131. The molecule has 0 aliphatic heterocycles. The average molecular weight is 388 g/mol. The number of aromatic carboxylic acids is 1. The Kier molecular flexibility index (Phi) is 5.00. The number of amides is 1. The van der Waals surface area contributed by atoms with E-state index in [0.29, 0.717) is 19.0 Å². The number of nitrogens with zero attached hydrogens (tertiary/aromatic N) is 1. The zero-order valence-corrected chi connectivity index (χ0v) is 14.7. The molecule has 0 spiro atoms. The van der Waals surface area contributed by atoms with E-state index >= 15 is 0 Å². The molecule has 0 bridgehead atoms. The van der Waals surface area contributed by atoms with E-state index in [-0.39, 0.29) is 11.5 Å². The Balaban J connectivity index is 1.69. The second-order valence-electron chi connectivity index (χ2n) is 6.06. The Labute approximate surface area is 149 Å². The first kappa shape index (κ1) is 16.7. The van der Waals surface area contributed by atoms with E-state index in [0.717, 1.165) is 28.4 Å². The molecule has 1 saturated carbocycles. The van der Waals surface area contributed by atoms with Crippen LogP contribution in [0.25, 0.3) is 0 Å². The predicted molar refractivity (Wildman–Crippen MR) is 94.8 cm³/mol. The van der Waals surface area contributed by atoms with Gasteiger partial charge in [0.25, 0.3) is 0 Å². The monoisotopic (exact) mass is 387 g/mol. The smallest absolute Gasteiger partial charge is 0.335 e. The normalized spacial score (nSPS) is 13.5. The van der Waals surface area contributed by atoms with Crippen LogP contribution in [0.4, 0.5) is 0 Å². The van der Waals surface area contributed by atoms with Crippen LogP contribution in [0.15, 0.2) is 53.0 Å². The minimum absolute atomic E-state index is 0.0838. The highest BCUT2D eigenvalue weighted by molar-refractivity contribution is 9.10. The van der Waals surface area contributed by atoms with Gasteiger partial charge in [0.1, 0.15) is 0 Å². The van der Waals surface area contributed by atoms with Gasteiger partial charge in [-0.2, -0.15) is 0 Å². The molecule has 0 atom stereocenters. The molecule has 124 valence electrons. The molecular weight excluding hydrogens is 370 g/mol. The van der Waals surface area contributed by atoms with Gasteiger partial charge in [-0.15, -0.1) is 0 Å². The van der Waals surface area contributed by atoms with Crippen molar-refractivity contribution < 1.29 is 14.7 Å². The van der Waals surface area contributed by atoms with E-state index in [1.54, 1.807) is 24.3 Å². The molecule has 3 rings (SSSR count). The topological polar surface area (TPSA) is 57.6 Å². The summed E-state index contributed by atoms with van der Waals surface area (Å²) in [5.74, 6) is -0.873. The van der Waals surface area contributed by atoms with E-state index in [1.807, 2.05) is 29.2 Å². The molecule has 1 amide bonds. The fraction of sp³-hybridized carbons (Fsp3) is 0.263. The number of carboxylic acid groups (broad SMARTS) is 1. The van der Waals surface area contributed by atoms with Gasteiger partial charge in [0, 0.05) is 17.1 Å². The minimum atomic E-state index is -0.956. The molecule has 0 saturated heterocycles. The van der Waals surface area contributed by atoms with Crippen molar-refractivity contribution in [3.63, 3.8) is 0 Å². The Morgan fingerprint density at radius 1 is 1.08 bits per heavy atom. The highest BCUT2D eigenvalue weighted by Crippen LogP contribution is 2.29. The van der Waals surface area contributed by atoms with Gasteiger partial charge in [0.2, 0.25) is 5.91 Å². The molecule has 2 aromatic carbocycles. The molecule has 24 heavy (non-hydrogen) atoms. The zero-order valence-electron chi connectivity index (χ0n) is 13.1. The number of rotatable bonds is 6. The molecule has 1 aliphatic carbocycles. The van der Waals surface area contributed by atoms with Gasteiger partial charge < -0.3 is 10.0 Å². The SMILES string of the molecule is O=C(O)c1ccc(CC(=O)N(Cc2cccc(Br)c2)C2CC2)cc1. The highest BCUT2D eigenvalue weighted by Gasteiger charge is 2.32. The number of carbonyl (C=O) groups is 2. The maximum atomic E-state index is 12.7. The number of halogens is 1. The summed E-state index contributed by atoms with van der Waals surface area (Å²) in [5.41, 5.74) is 2.18. The zero-order chi connectivity index (χ0) is 17.1. The van der Waals surface area contributed by atoms with Crippen LogP contribution in [0.1, 0.15) is 34.3 Å². The third-order valence-corrected chi connectivity index (χ3v) is 4.60. The molecule has 2 aromatic rings. The van der Waals surface area contributed by atoms with Crippen LogP contribution in [0, 0.1) is 0 Å². The predicted octanol–water partition coefficient (Wildman–Crippen LogP) is 3.88. The van der Waals surface area contributed by atoms with Crippen molar-refractivity contribution in [3.8, 4) is 0 Å². The van der Waals surface area contributed by atoms with Crippen LogP contribution >= 0.6 is 15.9 Å². The molecule has 0 radical (unpaired) electrons.